The van der Waals surface area contributed by atoms with Crippen molar-refractivity contribution in [1.29, 1.82) is 0 Å². The molecule has 130 valence electrons. The van der Waals surface area contributed by atoms with E-state index < -0.39 is 23.8 Å². The molecule has 0 spiro atoms. The number of carbonyl (C=O) groups excluding carboxylic acids is 2. The molecule has 0 aliphatic heterocycles. The third kappa shape index (κ3) is 7.12. The van der Waals surface area contributed by atoms with Gasteiger partial charge in [-0.25, -0.2) is 5.48 Å². The molecule has 1 rings (SSSR count). The molecule has 2 amide bonds. The quantitative estimate of drug-likeness (QED) is 0.242. The van der Waals surface area contributed by atoms with Gasteiger partial charge in [0.15, 0.2) is 10.4 Å². The van der Waals surface area contributed by atoms with Crippen LogP contribution < -0.4 is 10.8 Å². The Hall–Kier alpha value is -1.42. The van der Waals surface area contributed by atoms with Gasteiger partial charge >= 0.3 is 0 Å². The monoisotopic (exact) mass is 392 g/mol. The molecule has 0 aliphatic rings. The lowest BCUT2D eigenvalue weighted by atomic mass is 10.0. The van der Waals surface area contributed by atoms with Gasteiger partial charge in [0.25, 0.3) is 5.91 Å². The average molecular weight is 393 g/mol. The fraction of sp³-hybridized carbons (Fsp3) is 0.571. The maximum absolute atomic E-state index is 12.1. The summed E-state index contributed by atoms with van der Waals surface area (Å²) >= 11 is 3.13. The van der Waals surface area contributed by atoms with Crippen molar-refractivity contribution in [2.24, 2.45) is 5.92 Å². The van der Waals surface area contributed by atoms with Gasteiger partial charge in [0.2, 0.25) is 5.91 Å². The van der Waals surface area contributed by atoms with Crippen molar-refractivity contribution in [3.63, 3.8) is 0 Å². The lowest BCUT2D eigenvalue weighted by Crippen LogP contribution is -2.41. The number of carbonyl (C=O) groups is 2. The number of hydrogen-bond acceptors (Lipinski definition) is 6. The zero-order chi connectivity index (χ0) is 17.2. The van der Waals surface area contributed by atoms with Crippen LogP contribution in [0.4, 0.5) is 0 Å². The van der Waals surface area contributed by atoms with Crippen LogP contribution in [0.3, 0.4) is 0 Å². The molecule has 8 nitrogen and oxygen atoms in total. The third-order valence-corrected chi connectivity index (χ3v) is 3.44. The summed E-state index contributed by atoms with van der Waals surface area (Å²) in [6.07, 6.45) is 0.284. The second kappa shape index (κ2) is 10.4. The molecule has 23 heavy (non-hydrogen) atoms. The van der Waals surface area contributed by atoms with E-state index in [2.05, 4.69) is 21.2 Å². The summed E-state index contributed by atoms with van der Waals surface area (Å²) < 4.78 is 16.0. The predicted molar refractivity (Wildman–Crippen MR) is 83.8 cm³/mol. The van der Waals surface area contributed by atoms with Crippen molar-refractivity contribution in [2.75, 3.05) is 20.0 Å². The Morgan fingerprint density at radius 1 is 1.39 bits per heavy atom. The summed E-state index contributed by atoms with van der Waals surface area (Å²) in [6, 6.07) is 2.69. The zero-order valence-electron chi connectivity index (χ0n) is 13.0. The zero-order valence-corrected chi connectivity index (χ0v) is 14.6. The first-order valence-electron chi connectivity index (χ1n) is 7.13. The largest absolute Gasteiger partial charge is 0.444 e. The first kappa shape index (κ1) is 19.6. The fourth-order valence-electron chi connectivity index (χ4n) is 1.84. The Kier molecular flexibility index (Phi) is 8.85. The van der Waals surface area contributed by atoms with Gasteiger partial charge in [-0.15, -0.1) is 0 Å². The van der Waals surface area contributed by atoms with Gasteiger partial charge in [-0.1, -0.05) is 6.92 Å². The summed E-state index contributed by atoms with van der Waals surface area (Å²) in [5.41, 5.74) is 1.59. The van der Waals surface area contributed by atoms with E-state index in [4.69, 9.17) is 19.1 Å². The normalized spacial score (nSPS) is 13.4. The van der Waals surface area contributed by atoms with Gasteiger partial charge in [0.1, 0.15) is 6.79 Å². The minimum Gasteiger partial charge on any atom is -0.444 e. The highest BCUT2D eigenvalue weighted by atomic mass is 79.9. The number of furan rings is 1. The van der Waals surface area contributed by atoms with Gasteiger partial charge < -0.3 is 19.2 Å². The predicted octanol–water partition coefficient (Wildman–Crippen LogP) is 1.68. The van der Waals surface area contributed by atoms with Gasteiger partial charge in [0, 0.05) is 12.5 Å². The molecule has 0 unspecified atom stereocenters. The second-order valence-corrected chi connectivity index (χ2v) is 5.65. The molecule has 0 aliphatic carbocycles. The lowest BCUT2D eigenvalue weighted by molar-refractivity contribution is -0.133. The van der Waals surface area contributed by atoms with Crippen molar-refractivity contribution in [3.05, 3.63) is 22.6 Å². The third-order valence-electron chi connectivity index (χ3n) is 3.02. The van der Waals surface area contributed by atoms with Gasteiger partial charge in [-0.3, -0.25) is 14.8 Å². The van der Waals surface area contributed by atoms with Crippen molar-refractivity contribution < 1.29 is 28.7 Å². The molecular formula is C14H21BrN2O6. The van der Waals surface area contributed by atoms with E-state index >= 15 is 0 Å². The van der Waals surface area contributed by atoms with E-state index in [-0.39, 0.29) is 25.6 Å². The van der Waals surface area contributed by atoms with Crippen LogP contribution >= 0.6 is 15.9 Å². The summed E-state index contributed by atoms with van der Waals surface area (Å²) in [5.74, 6) is -1.32. The van der Waals surface area contributed by atoms with Crippen LogP contribution in [0.2, 0.25) is 0 Å². The molecule has 0 saturated carbocycles. The van der Waals surface area contributed by atoms with E-state index in [1.165, 1.54) is 6.07 Å². The van der Waals surface area contributed by atoms with Gasteiger partial charge in [-0.2, -0.15) is 0 Å². The van der Waals surface area contributed by atoms with Crippen LogP contribution in [0, 0.1) is 5.92 Å². The molecule has 9 heteroatoms. The molecule has 0 fully saturated rings. The number of hydrogen-bond donors (Lipinski definition) is 3. The standard InChI is InChI=1S/C14H21BrN2O6/c1-3-21-8-22-7-10(6-9(2)13(18)17-20)16-14(19)11-4-5-12(15)23-11/h4-5,9-10,20H,3,6-8H2,1-2H3,(H,16,19)(H,17,18)/t9-,10-/m0/s1. The number of halogens is 1. The Labute approximate surface area is 142 Å². The van der Waals surface area contributed by atoms with Gasteiger partial charge in [-0.05, 0) is 41.4 Å². The van der Waals surface area contributed by atoms with Crippen LogP contribution in [0.25, 0.3) is 0 Å². The molecule has 0 aromatic carbocycles. The van der Waals surface area contributed by atoms with E-state index in [1.54, 1.807) is 18.5 Å². The topological polar surface area (TPSA) is 110 Å². The number of hydroxylamine groups is 1. The van der Waals surface area contributed by atoms with Crippen LogP contribution in [0.5, 0.6) is 0 Å². The molecule has 1 heterocycles. The highest BCUT2D eigenvalue weighted by molar-refractivity contribution is 9.10. The van der Waals surface area contributed by atoms with E-state index in [0.29, 0.717) is 11.3 Å². The second-order valence-electron chi connectivity index (χ2n) is 4.87. The minimum atomic E-state index is -0.533. The van der Waals surface area contributed by atoms with Crippen molar-refractivity contribution in [1.82, 2.24) is 10.8 Å². The van der Waals surface area contributed by atoms with E-state index in [0.717, 1.165) is 0 Å². The Morgan fingerprint density at radius 2 is 2.13 bits per heavy atom. The van der Waals surface area contributed by atoms with Crippen molar-refractivity contribution in [2.45, 2.75) is 26.3 Å². The number of rotatable bonds is 10. The Bertz CT molecular complexity index is 507. The maximum atomic E-state index is 12.1. The molecule has 0 radical (unpaired) electrons. The lowest BCUT2D eigenvalue weighted by Gasteiger charge is -2.21. The SMILES string of the molecule is CCOCOC[C@H](C[C@H](C)C(=O)NO)NC(=O)c1ccc(Br)o1. The first-order valence-corrected chi connectivity index (χ1v) is 7.92. The fourth-order valence-corrected chi connectivity index (χ4v) is 2.14. The highest BCUT2D eigenvalue weighted by Gasteiger charge is 2.22. The van der Waals surface area contributed by atoms with Crippen molar-refractivity contribution in [3.8, 4) is 0 Å². The smallest absolute Gasteiger partial charge is 0.287 e. The highest BCUT2D eigenvalue weighted by Crippen LogP contribution is 2.15. The number of amides is 2. The molecule has 3 N–H and O–H groups in total. The Balaban J connectivity index is 2.61. The average Bonchev–Trinajstić information content (AvgIpc) is 2.97. The van der Waals surface area contributed by atoms with Gasteiger partial charge in [0.05, 0.1) is 12.6 Å². The van der Waals surface area contributed by atoms with Crippen LogP contribution in [0.1, 0.15) is 30.8 Å². The van der Waals surface area contributed by atoms with Crippen molar-refractivity contribution >= 4 is 27.7 Å². The number of nitrogens with one attached hydrogen (secondary N) is 2. The molecule has 1 aromatic rings. The summed E-state index contributed by atoms with van der Waals surface area (Å²) in [4.78, 5) is 23.5. The summed E-state index contributed by atoms with van der Waals surface area (Å²) in [5, 5.41) is 11.4. The van der Waals surface area contributed by atoms with Crippen LogP contribution in [0.15, 0.2) is 21.2 Å². The number of ether oxygens (including phenoxy) is 2. The summed E-state index contributed by atoms with van der Waals surface area (Å²) in [6.45, 7) is 4.25. The first-order chi connectivity index (χ1) is 11.0. The van der Waals surface area contributed by atoms with Crippen LogP contribution in [-0.2, 0) is 14.3 Å². The minimum absolute atomic E-state index is 0.0930. The molecular weight excluding hydrogens is 372 g/mol. The molecule has 2 atom stereocenters. The molecule has 1 aromatic heterocycles. The molecule has 0 saturated heterocycles. The molecule has 0 bridgehead atoms. The summed E-state index contributed by atoms with van der Waals surface area (Å²) in [7, 11) is 0. The van der Waals surface area contributed by atoms with E-state index in [9.17, 15) is 9.59 Å². The Morgan fingerprint density at radius 3 is 2.70 bits per heavy atom. The van der Waals surface area contributed by atoms with Crippen LogP contribution in [-0.4, -0.2) is 43.1 Å². The van der Waals surface area contributed by atoms with E-state index in [1.807, 2.05) is 6.92 Å². The maximum Gasteiger partial charge on any atom is 0.287 e.